The van der Waals surface area contributed by atoms with Gasteiger partial charge in [-0.15, -0.1) is 11.8 Å². The van der Waals surface area contributed by atoms with E-state index in [1.165, 1.54) is 0 Å². The Kier molecular flexibility index (Phi) is 5.05. The Morgan fingerprint density at radius 2 is 2.05 bits per heavy atom. The summed E-state index contributed by atoms with van der Waals surface area (Å²) >= 11 is 7.82. The maximum Gasteiger partial charge on any atom is 0.131 e. The molecule has 2 aromatic rings. The van der Waals surface area contributed by atoms with Crippen molar-refractivity contribution in [2.75, 3.05) is 12.4 Å². The predicted octanol–water partition coefficient (Wildman–Crippen LogP) is 4.03. The fourth-order valence-electron chi connectivity index (χ4n) is 1.60. The highest BCUT2D eigenvalue weighted by Crippen LogP contribution is 2.26. The van der Waals surface area contributed by atoms with Crippen molar-refractivity contribution in [2.45, 2.75) is 24.1 Å². The third-order valence-electron chi connectivity index (χ3n) is 2.65. The molecule has 0 bridgehead atoms. The largest absolute Gasteiger partial charge is 0.373 e. The molecule has 0 aliphatic carbocycles. The summed E-state index contributed by atoms with van der Waals surface area (Å²) in [4.78, 5) is 8.89. The number of benzene rings is 1. The number of thioether (sulfide) groups is 1. The Bertz CT molecular complexity index is 538. The van der Waals surface area contributed by atoms with E-state index >= 15 is 0 Å². The lowest BCUT2D eigenvalue weighted by atomic mass is 10.2. The number of hydrogen-bond donors (Lipinski definition) is 1. The Labute approximate surface area is 122 Å². The molecule has 0 fully saturated rings. The lowest BCUT2D eigenvalue weighted by molar-refractivity contribution is 0.891. The Morgan fingerprint density at radius 1 is 1.26 bits per heavy atom. The fourth-order valence-corrected chi connectivity index (χ4v) is 2.80. The van der Waals surface area contributed by atoms with Crippen LogP contribution in [0.5, 0.6) is 0 Å². The zero-order valence-corrected chi connectivity index (χ0v) is 12.6. The first-order valence-electron chi connectivity index (χ1n) is 6.15. The van der Waals surface area contributed by atoms with E-state index < -0.39 is 0 Å². The standard InChI is InChI=1S/C14H16ClN3S/c1-3-12-17-13(16-2)8-14(18-12)19-9-10-6-4-5-7-11(10)15/h4-8H,3,9H2,1-2H3,(H,16,17,18). The maximum atomic E-state index is 6.15. The molecule has 0 spiro atoms. The van der Waals surface area contributed by atoms with Crippen LogP contribution < -0.4 is 5.32 Å². The van der Waals surface area contributed by atoms with Gasteiger partial charge in [0.15, 0.2) is 0 Å². The van der Waals surface area contributed by atoms with Gasteiger partial charge >= 0.3 is 0 Å². The van der Waals surface area contributed by atoms with Crippen LogP contribution in [0.3, 0.4) is 0 Å². The minimum Gasteiger partial charge on any atom is -0.373 e. The van der Waals surface area contributed by atoms with Crippen molar-refractivity contribution in [1.82, 2.24) is 9.97 Å². The smallest absolute Gasteiger partial charge is 0.131 e. The number of halogens is 1. The van der Waals surface area contributed by atoms with Crippen molar-refractivity contribution >= 4 is 29.2 Å². The van der Waals surface area contributed by atoms with Crippen LogP contribution in [-0.2, 0) is 12.2 Å². The molecular weight excluding hydrogens is 278 g/mol. The SMILES string of the molecule is CCc1nc(NC)cc(SCc2ccccc2Cl)n1. The first-order valence-corrected chi connectivity index (χ1v) is 7.51. The van der Waals surface area contributed by atoms with E-state index in [2.05, 4.69) is 22.2 Å². The summed E-state index contributed by atoms with van der Waals surface area (Å²) in [5.74, 6) is 2.52. The van der Waals surface area contributed by atoms with Gasteiger partial charge in [-0.05, 0) is 11.6 Å². The van der Waals surface area contributed by atoms with Crippen LogP contribution in [-0.4, -0.2) is 17.0 Å². The summed E-state index contributed by atoms with van der Waals surface area (Å²) < 4.78 is 0. The summed E-state index contributed by atoms with van der Waals surface area (Å²) in [6.45, 7) is 2.05. The molecular formula is C14H16ClN3S. The molecule has 5 heteroatoms. The lowest BCUT2D eigenvalue weighted by Gasteiger charge is -2.07. The predicted molar refractivity (Wildman–Crippen MR) is 82.0 cm³/mol. The van der Waals surface area contributed by atoms with Crippen LogP contribution in [0.1, 0.15) is 18.3 Å². The average molecular weight is 294 g/mol. The number of hydrogen-bond acceptors (Lipinski definition) is 4. The van der Waals surface area contributed by atoms with Crippen molar-refractivity contribution in [3.63, 3.8) is 0 Å². The van der Waals surface area contributed by atoms with E-state index in [0.717, 1.165) is 39.4 Å². The van der Waals surface area contributed by atoms with Crippen molar-refractivity contribution < 1.29 is 0 Å². The molecule has 100 valence electrons. The number of aryl methyl sites for hydroxylation is 1. The minimum atomic E-state index is 0.800. The van der Waals surface area contributed by atoms with Crippen molar-refractivity contribution in [1.29, 1.82) is 0 Å². The third-order valence-corrected chi connectivity index (χ3v) is 3.98. The Morgan fingerprint density at radius 3 is 2.74 bits per heavy atom. The van der Waals surface area contributed by atoms with Gasteiger partial charge in [0.2, 0.25) is 0 Å². The van der Waals surface area contributed by atoms with Crippen LogP contribution in [0.4, 0.5) is 5.82 Å². The number of anilines is 1. The van der Waals surface area contributed by atoms with Crippen molar-refractivity contribution in [3.05, 3.63) is 46.7 Å². The van der Waals surface area contributed by atoms with E-state index in [1.807, 2.05) is 37.4 Å². The van der Waals surface area contributed by atoms with Gasteiger partial charge < -0.3 is 5.32 Å². The zero-order chi connectivity index (χ0) is 13.7. The van der Waals surface area contributed by atoms with E-state index in [1.54, 1.807) is 11.8 Å². The molecule has 3 nitrogen and oxygen atoms in total. The molecule has 1 aromatic heterocycles. The van der Waals surface area contributed by atoms with Gasteiger partial charge in [0.1, 0.15) is 16.7 Å². The van der Waals surface area contributed by atoms with Crippen molar-refractivity contribution in [2.24, 2.45) is 0 Å². The molecule has 0 aliphatic rings. The van der Waals surface area contributed by atoms with Crippen LogP contribution in [0.2, 0.25) is 5.02 Å². The van der Waals surface area contributed by atoms with Gasteiger partial charge in [-0.2, -0.15) is 0 Å². The topological polar surface area (TPSA) is 37.8 Å². The van der Waals surface area contributed by atoms with Crippen LogP contribution in [0.15, 0.2) is 35.4 Å². The van der Waals surface area contributed by atoms with Gasteiger partial charge in [-0.1, -0.05) is 36.7 Å². The fraction of sp³-hybridized carbons (Fsp3) is 0.286. The molecule has 0 saturated carbocycles. The summed E-state index contributed by atoms with van der Waals surface area (Å²) in [7, 11) is 1.87. The second-order valence-electron chi connectivity index (χ2n) is 3.99. The number of nitrogens with zero attached hydrogens (tertiary/aromatic N) is 2. The van der Waals surface area contributed by atoms with Gasteiger partial charge in [-0.3, -0.25) is 0 Å². The first kappa shape index (κ1) is 14.2. The number of aromatic nitrogens is 2. The quantitative estimate of drug-likeness (QED) is 0.667. The monoisotopic (exact) mass is 293 g/mol. The van der Waals surface area contributed by atoms with Gasteiger partial charge in [0.25, 0.3) is 0 Å². The number of rotatable bonds is 5. The van der Waals surface area contributed by atoms with E-state index in [9.17, 15) is 0 Å². The molecule has 1 aromatic carbocycles. The summed E-state index contributed by atoms with van der Waals surface area (Å²) in [6, 6.07) is 9.85. The molecule has 1 N–H and O–H groups in total. The number of nitrogens with one attached hydrogen (secondary N) is 1. The van der Waals surface area contributed by atoms with E-state index in [0.29, 0.717) is 0 Å². The zero-order valence-electron chi connectivity index (χ0n) is 11.0. The molecule has 0 aliphatic heterocycles. The molecule has 0 amide bonds. The highest BCUT2D eigenvalue weighted by molar-refractivity contribution is 7.98. The lowest BCUT2D eigenvalue weighted by Crippen LogP contribution is -2.00. The summed E-state index contributed by atoms with van der Waals surface area (Å²) in [6.07, 6.45) is 0.829. The van der Waals surface area contributed by atoms with Crippen molar-refractivity contribution in [3.8, 4) is 0 Å². The van der Waals surface area contributed by atoms with Gasteiger partial charge in [-0.25, -0.2) is 9.97 Å². The molecule has 1 heterocycles. The Hall–Kier alpha value is -1.26. The van der Waals surface area contributed by atoms with E-state index in [-0.39, 0.29) is 0 Å². The minimum absolute atomic E-state index is 0.800. The molecule has 2 rings (SSSR count). The molecule has 0 radical (unpaired) electrons. The Balaban J connectivity index is 2.13. The molecule has 0 unspecified atom stereocenters. The normalized spacial score (nSPS) is 10.5. The molecule has 0 saturated heterocycles. The van der Waals surface area contributed by atoms with Gasteiger partial charge in [0, 0.05) is 30.3 Å². The second-order valence-corrected chi connectivity index (χ2v) is 5.39. The third kappa shape index (κ3) is 3.85. The van der Waals surface area contributed by atoms with Crippen LogP contribution in [0.25, 0.3) is 0 Å². The maximum absolute atomic E-state index is 6.15. The highest BCUT2D eigenvalue weighted by Gasteiger charge is 2.05. The van der Waals surface area contributed by atoms with E-state index in [4.69, 9.17) is 11.6 Å². The first-order chi connectivity index (χ1) is 9.22. The van der Waals surface area contributed by atoms with Crippen LogP contribution >= 0.6 is 23.4 Å². The average Bonchev–Trinajstić information content (AvgIpc) is 2.46. The van der Waals surface area contributed by atoms with Crippen LogP contribution in [0, 0.1) is 0 Å². The summed E-state index contributed by atoms with van der Waals surface area (Å²) in [5.41, 5.74) is 1.12. The van der Waals surface area contributed by atoms with Gasteiger partial charge in [0.05, 0.1) is 0 Å². The highest BCUT2D eigenvalue weighted by atomic mass is 35.5. The molecule has 0 atom stereocenters. The molecule has 19 heavy (non-hydrogen) atoms. The summed E-state index contributed by atoms with van der Waals surface area (Å²) in [5, 5.41) is 4.83. The second kappa shape index (κ2) is 6.78.